The van der Waals surface area contributed by atoms with Gasteiger partial charge in [-0.15, -0.1) is 47.1 Å². The number of terminal acetylenes is 1. The number of allylic oxidation sites excluding steroid dienone is 2. The van der Waals surface area contributed by atoms with Gasteiger partial charge in [0.05, 0.1) is 71.7 Å². The van der Waals surface area contributed by atoms with Crippen molar-refractivity contribution in [3.63, 3.8) is 0 Å². The number of aliphatic hydroxyl groups excluding tert-OH is 4. The summed E-state index contributed by atoms with van der Waals surface area (Å²) >= 11 is 0. The van der Waals surface area contributed by atoms with Gasteiger partial charge in [-0.25, -0.2) is 4.74 Å². The van der Waals surface area contributed by atoms with Gasteiger partial charge in [-0.1, -0.05) is 167 Å². The van der Waals surface area contributed by atoms with Crippen molar-refractivity contribution >= 4 is 21.5 Å². The van der Waals surface area contributed by atoms with E-state index in [1.54, 1.807) is 74.5 Å². The van der Waals surface area contributed by atoms with E-state index in [0.29, 0.717) is 32.2 Å². The molecule has 5 N–H and O–H groups in total. The molecular weight excluding hydrogens is 1510 g/mol. The molecule has 0 bridgehead atoms. The molecule has 4 atom stereocenters. The molecule has 4 unspecified atom stereocenters. The van der Waals surface area contributed by atoms with Crippen LogP contribution in [0.15, 0.2) is 123 Å². The third kappa shape index (κ3) is 73.1. The van der Waals surface area contributed by atoms with Crippen LogP contribution in [-0.2, 0) is 55.5 Å². The molecule has 24 heteroatoms. The fourth-order valence-electron chi connectivity index (χ4n) is 6.82. The zero-order chi connectivity index (χ0) is 82.7. The van der Waals surface area contributed by atoms with E-state index in [1.165, 1.54) is 13.8 Å². The molecule has 4 aromatic carbocycles. The van der Waals surface area contributed by atoms with Crippen molar-refractivity contribution in [3.05, 3.63) is 135 Å². The largest absolute Gasteiger partial charge is 1.00 e. The fraction of sp³-hybridized carbons (Fsp3) is 0.467. The monoisotopic (exact) mass is 1620 g/mol. The predicted molar refractivity (Wildman–Crippen MR) is 439 cm³/mol. The second kappa shape index (κ2) is 76.5. The number of halogens is 6. The number of hydrogen-bond acceptors (Lipinski definition) is 17. The van der Waals surface area contributed by atoms with Crippen molar-refractivity contribution in [3.8, 4) is 130 Å². The van der Waals surface area contributed by atoms with Crippen LogP contribution >= 0.6 is 0 Å². The molecule has 17 nitrogen and oxygen atoms in total. The standard InChI is InChI=1S/C23H30O6.C17H20O4.C12H6.C11H4.C9H14F6O3.C6H10O2.C4H10O.C4H9O.4CH4.K/c1-3-7-22-21-9-6-5-8-18(21)10-11-23(22)29-16-20(25)15-28-17-27-14-19(24)13-26-12-4-2;1-2-5-16-15-7-4-3-6-13(15)8-9-17(16)21-11-14(19)10-20-12-18;1-3-5-7-9-11-12-10-8-6-4-2;1-3-5-7-9-11-10-8-6-4-2;1-3-5-16-7(10,11)8(12,13)18-9(14,15)17-6-4-2;1-2-3-7-4-6-5-8-6;2*1-4(2,3)5;;;;;/h3-6,8-11,19-20,24-25H,1-2,7,12-17H2;2-4,6-9,14,18-19H,1,5,10-12H2;1-2H3;1H,2H3;3-6H2,1-2H3;2,6H,1,3-5H2;5H,1-3H3;1-3H3;4*1H4;/q;;;;;;;-1;;;;;+1. The first-order chi connectivity index (χ1) is 51.7. The zero-order valence-electron chi connectivity index (χ0n) is 65.1. The average molecular weight is 1630 g/mol. The van der Waals surface area contributed by atoms with Gasteiger partial charge < -0.3 is 73.3 Å². The van der Waals surface area contributed by atoms with Gasteiger partial charge in [0.15, 0.2) is 0 Å². The van der Waals surface area contributed by atoms with Gasteiger partial charge in [-0.3, -0.25) is 4.74 Å². The van der Waals surface area contributed by atoms with Gasteiger partial charge in [-0.05, 0) is 196 Å². The summed E-state index contributed by atoms with van der Waals surface area (Å²) < 4.78 is 128. The maximum absolute atomic E-state index is 12.8. The second-order valence-electron chi connectivity index (χ2n) is 23.4. The Balaban J connectivity index is -0.000000198. The first kappa shape index (κ1) is 122. The van der Waals surface area contributed by atoms with Crippen LogP contribution in [0.2, 0.25) is 0 Å². The number of alkyl halides is 6. The van der Waals surface area contributed by atoms with E-state index in [0.717, 1.165) is 57.4 Å². The van der Waals surface area contributed by atoms with Gasteiger partial charge in [-0.2, -0.15) is 17.6 Å². The third-order valence-corrected chi connectivity index (χ3v) is 11.0. The Kier molecular flexibility index (Phi) is 81.7. The molecular formula is C90H119F6KO17. The van der Waals surface area contributed by atoms with Gasteiger partial charge >= 0.3 is 69.9 Å². The molecule has 114 heavy (non-hydrogen) atoms. The van der Waals surface area contributed by atoms with E-state index in [9.17, 15) is 46.8 Å². The third-order valence-electron chi connectivity index (χ3n) is 11.0. The summed E-state index contributed by atoms with van der Waals surface area (Å²) in [5.41, 5.74) is 0.848. The maximum Gasteiger partial charge on any atom is 1.00 e. The van der Waals surface area contributed by atoms with Crippen LogP contribution in [0.1, 0.15) is 130 Å². The molecule has 1 fully saturated rings. The van der Waals surface area contributed by atoms with Crippen LogP contribution in [-0.4, -0.2) is 173 Å². The zero-order valence-corrected chi connectivity index (χ0v) is 68.2. The Morgan fingerprint density at radius 1 is 0.518 bits per heavy atom. The topological polar surface area (TPSA) is 229 Å². The Labute approximate surface area is 720 Å². The van der Waals surface area contributed by atoms with Crippen molar-refractivity contribution < 1.29 is 160 Å². The number of aliphatic hydroxyl groups is 5. The molecule has 1 saturated heterocycles. The first-order valence-electron chi connectivity index (χ1n) is 33.9. The summed E-state index contributed by atoms with van der Waals surface area (Å²) in [4.78, 5) is 0. The van der Waals surface area contributed by atoms with E-state index in [-0.39, 0.29) is 140 Å². The molecule has 624 valence electrons. The number of ether oxygens (including phenoxy) is 11. The van der Waals surface area contributed by atoms with Crippen LogP contribution in [0.4, 0.5) is 26.3 Å². The van der Waals surface area contributed by atoms with Crippen molar-refractivity contribution in [1.82, 2.24) is 0 Å². The number of hydrogen-bond donors (Lipinski definition) is 5. The number of benzene rings is 4. The number of fused-ring (bicyclic) bond motifs is 2. The average Bonchev–Trinajstić information content (AvgIpc) is 1.56. The van der Waals surface area contributed by atoms with E-state index in [2.05, 4.69) is 171 Å². The van der Waals surface area contributed by atoms with Crippen LogP contribution in [0.25, 0.3) is 21.5 Å². The Morgan fingerprint density at radius 2 is 0.860 bits per heavy atom. The molecule has 0 amide bonds. The van der Waals surface area contributed by atoms with E-state index in [1.807, 2.05) is 66.7 Å². The van der Waals surface area contributed by atoms with E-state index in [4.69, 9.17) is 54.5 Å². The maximum atomic E-state index is 12.8. The van der Waals surface area contributed by atoms with Crippen LogP contribution in [0.3, 0.4) is 0 Å². The Hall–Kier alpha value is -7.82. The Morgan fingerprint density at radius 3 is 1.21 bits per heavy atom. The predicted octanol–water partition coefficient (Wildman–Crippen LogP) is 11.5. The summed E-state index contributed by atoms with van der Waals surface area (Å²) in [7, 11) is 0. The van der Waals surface area contributed by atoms with Crippen molar-refractivity contribution in [1.29, 1.82) is 0 Å². The molecule has 0 radical (unpaired) electrons. The number of rotatable bonds is 36. The SMILES string of the molecule is C.C.C.C.C#CC#CC#CC#CC#CC.C=CCOCC(O)COCOCC(O)COc1ccc2ccccc2c1CC=C.C=CCOCC1CO1.C=CCc1c(OCC(O)COCO)ccc2ccccc12.CC#CC#CC#CC#CC#CC.CC(C)(C)O.CC(C)(C)[O-].CCCOC(F)(F)OC(F)(F)C(F)(F)OCCC.[K+]. The molecule has 5 rings (SSSR count). The smallest absolute Gasteiger partial charge is 0.850 e. The Bertz CT molecular complexity index is 3840. The van der Waals surface area contributed by atoms with Gasteiger partial charge in [0, 0.05) is 11.1 Å². The van der Waals surface area contributed by atoms with Crippen LogP contribution in [0.5, 0.6) is 11.5 Å². The molecule has 1 aliphatic rings. The van der Waals surface area contributed by atoms with Crippen LogP contribution in [0, 0.1) is 119 Å². The summed E-state index contributed by atoms with van der Waals surface area (Å²) in [6.45, 7) is 34.1. The molecule has 0 aliphatic carbocycles. The summed E-state index contributed by atoms with van der Waals surface area (Å²) in [5, 5.41) is 61.1. The normalized spacial score (nSPS) is 11.4. The molecule has 0 aromatic heterocycles. The van der Waals surface area contributed by atoms with Gasteiger partial charge in [0.25, 0.3) is 0 Å². The minimum absolute atomic E-state index is 0. The van der Waals surface area contributed by atoms with Crippen molar-refractivity contribution in [2.45, 2.75) is 186 Å². The van der Waals surface area contributed by atoms with Gasteiger partial charge in [0.2, 0.25) is 0 Å². The number of epoxide rings is 1. The minimum atomic E-state index is -5.50. The van der Waals surface area contributed by atoms with Crippen molar-refractivity contribution in [2.75, 3.05) is 92.9 Å². The molecule has 1 aliphatic heterocycles. The molecule has 4 aromatic rings. The van der Waals surface area contributed by atoms with Crippen molar-refractivity contribution in [2.24, 2.45) is 0 Å². The fourth-order valence-corrected chi connectivity index (χ4v) is 6.82. The summed E-state index contributed by atoms with van der Waals surface area (Å²) in [6, 6.07) is 24.0. The molecule has 0 saturated carbocycles. The quantitative estimate of drug-likeness (QED) is 0.00542. The van der Waals surface area contributed by atoms with E-state index >= 15 is 0 Å². The summed E-state index contributed by atoms with van der Waals surface area (Å²) in [6.07, 6.45) is -4.10. The van der Waals surface area contributed by atoms with E-state index < -0.39 is 68.0 Å². The van der Waals surface area contributed by atoms with Crippen LogP contribution < -0.4 is 66.0 Å². The second-order valence-corrected chi connectivity index (χ2v) is 23.4. The summed E-state index contributed by atoms with van der Waals surface area (Å²) in [5.74, 6) is 49.0. The minimum Gasteiger partial charge on any atom is -0.850 e. The molecule has 0 spiro atoms. The van der Waals surface area contributed by atoms with Gasteiger partial charge in [0.1, 0.15) is 62.7 Å². The molecule has 1 heterocycles. The first-order valence-corrected chi connectivity index (χ1v) is 33.9.